The minimum Gasteiger partial charge on any atom is -0.379 e. The van der Waals surface area contributed by atoms with Crippen LogP contribution in [0.5, 0.6) is 0 Å². The number of nitrogens with zero attached hydrogens (tertiary/aromatic N) is 2. The lowest BCUT2D eigenvalue weighted by Crippen LogP contribution is -2.35. The van der Waals surface area contributed by atoms with Crippen molar-refractivity contribution in [3.63, 3.8) is 0 Å². The summed E-state index contributed by atoms with van der Waals surface area (Å²) in [5.74, 6) is 0.121. The number of hydrogen-bond acceptors (Lipinski definition) is 6. The van der Waals surface area contributed by atoms with E-state index < -0.39 is 0 Å². The number of aromatic nitrogens is 1. The van der Waals surface area contributed by atoms with Crippen LogP contribution < -0.4 is 5.32 Å². The zero-order chi connectivity index (χ0) is 17.3. The van der Waals surface area contributed by atoms with E-state index in [9.17, 15) is 4.79 Å². The second-order valence-corrected chi connectivity index (χ2v) is 8.16. The number of morpholine rings is 1. The van der Waals surface area contributed by atoms with Crippen molar-refractivity contribution in [3.05, 3.63) is 38.5 Å². The van der Waals surface area contributed by atoms with E-state index in [1.807, 2.05) is 0 Å². The average Bonchev–Trinajstić information content (AvgIpc) is 3.30. The molecule has 5 nitrogen and oxygen atoms in total. The molecule has 0 unspecified atom stereocenters. The standard InChI is InChI=1S/C18H25N3O2S2/c22-17(6-2-1-4-16-5-3-11-24-16)19-12-18-20-15(14-25-18)13-21-7-9-23-10-8-21/h3,5,11,14H,1-2,4,6-10,12-13H2,(H,19,22). The highest BCUT2D eigenvalue weighted by atomic mass is 32.1. The predicted octanol–water partition coefficient (Wildman–Crippen LogP) is 3.07. The van der Waals surface area contributed by atoms with Crippen LogP contribution in [-0.2, 0) is 29.0 Å². The highest BCUT2D eigenvalue weighted by molar-refractivity contribution is 7.10. The zero-order valence-corrected chi connectivity index (χ0v) is 16.0. The summed E-state index contributed by atoms with van der Waals surface area (Å²) < 4.78 is 5.36. The largest absolute Gasteiger partial charge is 0.379 e. The Hall–Kier alpha value is -1.28. The quantitative estimate of drug-likeness (QED) is 0.681. The molecular weight excluding hydrogens is 354 g/mol. The number of thiophene rings is 1. The third-order valence-corrected chi connectivity index (χ3v) is 6.02. The normalized spacial score (nSPS) is 15.4. The molecule has 3 rings (SSSR count). The van der Waals surface area contributed by atoms with Crippen LogP contribution in [0.15, 0.2) is 22.9 Å². The minimum atomic E-state index is 0.121. The number of nitrogens with one attached hydrogen (secondary N) is 1. The van der Waals surface area contributed by atoms with Crippen molar-refractivity contribution in [2.24, 2.45) is 0 Å². The van der Waals surface area contributed by atoms with Gasteiger partial charge >= 0.3 is 0 Å². The van der Waals surface area contributed by atoms with Crippen LogP contribution in [0.3, 0.4) is 0 Å². The number of ether oxygens (including phenoxy) is 1. The van der Waals surface area contributed by atoms with Crippen molar-refractivity contribution in [2.45, 2.75) is 38.8 Å². The molecule has 0 radical (unpaired) electrons. The monoisotopic (exact) mass is 379 g/mol. The molecule has 0 aromatic carbocycles. The first kappa shape index (κ1) is 18.5. The van der Waals surface area contributed by atoms with Gasteiger partial charge in [-0.25, -0.2) is 4.98 Å². The highest BCUT2D eigenvalue weighted by Gasteiger charge is 2.12. The van der Waals surface area contributed by atoms with Gasteiger partial charge in [-0.1, -0.05) is 6.07 Å². The third-order valence-electron chi connectivity index (χ3n) is 4.18. The summed E-state index contributed by atoms with van der Waals surface area (Å²) in [6.07, 6.45) is 3.67. The molecule has 2 aromatic heterocycles. The summed E-state index contributed by atoms with van der Waals surface area (Å²) in [5.41, 5.74) is 1.09. The maximum Gasteiger partial charge on any atom is 0.220 e. The second-order valence-electron chi connectivity index (χ2n) is 6.18. The Morgan fingerprint density at radius 1 is 1.28 bits per heavy atom. The van der Waals surface area contributed by atoms with Gasteiger partial charge in [-0.3, -0.25) is 9.69 Å². The fourth-order valence-corrected chi connectivity index (χ4v) is 4.27. The number of rotatable bonds is 9. The number of thiazole rings is 1. The first-order valence-electron chi connectivity index (χ1n) is 8.82. The maximum atomic E-state index is 11.9. The summed E-state index contributed by atoms with van der Waals surface area (Å²) in [6.45, 7) is 4.96. The van der Waals surface area contributed by atoms with Crippen LogP contribution >= 0.6 is 22.7 Å². The van der Waals surface area contributed by atoms with E-state index in [1.54, 1.807) is 22.7 Å². The van der Waals surface area contributed by atoms with Gasteiger partial charge in [0.15, 0.2) is 0 Å². The summed E-state index contributed by atoms with van der Waals surface area (Å²) in [7, 11) is 0. The Morgan fingerprint density at radius 2 is 2.16 bits per heavy atom. The van der Waals surface area contributed by atoms with Gasteiger partial charge in [0.1, 0.15) is 5.01 Å². The molecule has 136 valence electrons. The van der Waals surface area contributed by atoms with Crippen LogP contribution in [0.25, 0.3) is 0 Å². The van der Waals surface area contributed by atoms with Crippen LogP contribution in [0.2, 0.25) is 0 Å². The summed E-state index contributed by atoms with van der Waals surface area (Å²) >= 11 is 3.41. The molecule has 1 aliphatic heterocycles. The molecule has 0 aliphatic carbocycles. The lowest BCUT2D eigenvalue weighted by atomic mass is 10.1. The highest BCUT2D eigenvalue weighted by Crippen LogP contribution is 2.14. The van der Waals surface area contributed by atoms with Gasteiger partial charge in [0.25, 0.3) is 0 Å². The Balaban J connectivity index is 1.30. The summed E-state index contributed by atoms with van der Waals surface area (Å²) in [6, 6.07) is 4.23. The number of amides is 1. The molecular formula is C18H25N3O2S2. The first-order chi connectivity index (χ1) is 12.3. The smallest absolute Gasteiger partial charge is 0.220 e. The van der Waals surface area contributed by atoms with Gasteiger partial charge < -0.3 is 10.1 Å². The zero-order valence-electron chi connectivity index (χ0n) is 14.4. The van der Waals surface area contributed by atoms with Crippen molar-refractivity contribution in [3.8, 4) is 0 Å². The van der Waals surface area contributed by atoms with Gasteiger partial charge in [-0.15, -0.1) is 22.7 Å². The molecule has 0 atom stereocenters. The molecule has 1 aliphatic rings. The van der Waals surface area contributed by atoms with Crippen molar-refractivity contribution in [1.82, 2.24) is 15.2 Å². The molecule has 0 spiro atoms. The second kappa shape index (κ2) is 10.0. The maximum absolute atomic E-state index is 11.9. The van der Waals surface area contributed by atoms with E-state index in [1.165, 1.54) is 4.88 Å². The molecule has 0 bridgehead atoms. The third kappa shape index (κ3) is 6.51. The Morgan fingerprint density at radius 3 is 2.96 bits per heavy atom. The molecule has 7 heteroatoms. The van der Waals surface area contributed by atoms with Gasteiger partial charge in [0.05, 0.1) is 25.5 Å². The predicted molar refractivity (Wildman–Crippen MR) is 102 cm³/mol. The molecule has 1 amide bonds. The van der Waals surface area contributed by atoms with Crippen LogP contribution in [-0.4, -0.2) is 42.1 Å². The summed E-state index contributed by atoms with van der Waals surface area (Å²) in [5, 5.41) is 8.17. The van der Waals surface area contributed by atoms with E-state index in [2.05, 4.69) is 38.1 Å². The van der Waals surface area contributed by atoms with E-state index in [-0.39, 0.29) is 5.91 Å². The lowest BCUT2D eigenvalue weighted by Gasteiger charge is -2.25. The molecule has 1 N–H and O–H groups in total. The van der Waals surface area contributed by atoms with Crippen LogP contribution in [0.4, 0.5) is 0 Å². The van der Waals surface area contributed by atoms with Gasteiger partial charge in [-0.2, -0.15) is 0 Å². The van der Waals surface area contributed by atoms with Crippen molar-refractivity contribution in [2.75, 3.05) is 26.3 Å². The van der Waals surface area contributed by atoms with E-state index >= 15 is 0 Å². The Kier molecular flexibility index (Phi) is 7.41. The Bertz CT molecular complexity index is 637. The van der Waals surface area contributed by atoms with Gasteiger partial charge in [-0.05, 0) is 30.7 Å². The SMILES string of the molecule is O=C(CCCCc1cccs1)NCc1nc(CN2CCOCC2)cs1. The number of carbonyl (C=O) groups excluding carboxylic acids is 1. The van der Waals surface area contributed by atoms with E-state index in [4.69, 9.17) is 4.74 Å². The van der Waals surface area contributed by atoms with Crippen LogP contribution in [0.1, 0.15) is 34.8 Å². The van der Waals surface area contributed by atoms with E-state index in [0.717, 1.165) is 62.8 Å². The van der Waals surface area contributed by atoms with Gasteiger partial charge in [0.2, 0.25) is 5.91 Å². The molecule has 0 saturated carbocycles. The van der Waals surface area contributed by atoms with Crippen molar-refractivity contribution >= 4 is 28.6 Å². The summed E-state index contributed by atoms with van der Waals surface area (Å²) in [4.78, 5) is 20.3. The Labute approximate surface area is 157 Å². The lowest BCUT2D eigenvalue weighted by molar-refractivity contribution is -0.121. The fourth-order valence-electron chi connectivity index (χ4n) is 2.79. The number of aryl methyl sites for hydroxylation is 1. The van der Waals surface area contributed by atoms with E-state index in [0.29, 0.717) is 13.0 Å². The number of unbranched alkanes of at least 4 members (excludes halogenated alkanes) is 1. The number of carbonyl (C=O) groups is 1. The molecule has 25 heavy (non-hydrogen) atoms. The molecule has 3 heterocycles. The molecule has 2 aromatic rings. The first-order valence-corrected chi connectivity index (χ1v) is 10.6. The number of hydrogen-bond donors (Lipinski definition) is 1. The topological polar surface area (TPSA) is 54.5 Å². The van der Waals surface area contributed by atoms with Crippen molar-refractivity contribution < 1.29 is 9.53 Å². The molecule has 1 saturated heterocycles. The average molecular weight is 380 g/mol. The molecule has 1 fully saturated rings. The van der Waals surface area contributed by atoms with Crippen LogP contribution in [0, 0.1) is 0 Å². The fraction of sp³-hybridized carbons (Fsp3) is 0.556. The van der Waals surface area contributed by atoms with Gasteiger partial charge in [0, 0.05) is 36.3 Å². The minimum absolute atomic E-state index is 0.121. The van der Waals surface area contributed by atoms with Crippen molar-refractivity contribution in [1.29, 1.82) is 0 Å².